The van der Waals surface area contributed by atoms with E-state index in [0.717, 1.165) is 38.4 Å². The van der Waals surface area contributed by atoms with Gasteiger partial charge >= 0.3 is 0 Å². The molecule has 0 bridgehead atoms. The normalized spacial score (nSPS) is 16.8. The topological polar surface area (TPSA) is 56.3 Å². The van der Waals surface area contributed by atoms with Crippen LogP contribution in [0.2, 0.25) is 5.15 Å². The molecule has 0 amide bonds. The van der Waals surface area contributed by atoms with E-state index in [1.165, 1.54) is 0 Å². The second kappa shape index (κ2) is 6.87. The quantitative estimate of drug-likeness (QED) is 0.832. The molecule has 1 aromatic rings. The standard InChI is InChI=1S/C12H18ClN3O2/c1-17-8-12-15-10(13)6-11(16-12)14-7-9-2-4-18-5-3-9/h6,9H,2-5,7-8H2,1H3,(H,14,15,16). The van der Waals surface area contributed by atoms with Gasteiger partial charge in [0.2, 0.25) is 0 Å². The third kappa shape index (κ3) is 4.08. The maximum atomic E-state index is 5.94. The fourth-order valence-electron chi connectivity index (χ4n) is 1.95. The fraction of sp³-hybridized carbons (Fsp3) is 0.667. The average molecular weight is 272 g/mol. The Morgan fingerprint density at radius 1 is 1.44 bits per heavy atom. The monoisotopic (exact) mass is 271 g/mol. The summed E-state index contributed by atoms with van der Waals surface area (Å²) in [6.45, 7) is 2.97. The molecule has 1 fully saturated rings. The minimum Gasteiger partial charge on any atom is -0.381 e. The number of nitrogens with one attached hydrogen (secondary N) is 1. The van der Waals surface area contributed by atoms with Crippen LogP contribution in [0.4, 0.5) is 5.82 Å². The molecule has 0 spiro atoms. The first-order valence-electron chi connectivity index (χ1n) is 6.12. The van der Waals surface area contributed by atoms with Gasteiger partial charge in [-0.1, -0.05) is 11.6 Å². The van der Waals surface area contributed by atoms with Crippen molar-refractivity contribution in [3.63, 3.8) is 0 Å². The highest BCUT2D eigenvalue weighted by atomic mass is 35.5. The number of aromatic nitrogens is 2. The van der Waals surface area contributed by atoms with E-state index in [-0.39, 0.29) is 0 Å². The first kappa shape index (κ1) is 13.5. The lowest BCUT2D eigenvalue weighted by Gasteiger charge is -2.22. The molecular formula is C12H18ClN3O2. The molecule has 0 atom stereocenters. The minimum atomic E-state index is 0.368. The summed E-state index contributed by atoms with van der Waals surface area (Å²) in [6, 6.07) is 1.74. The Kier molecular flexibility index (Phi) is 5.16. The summed E-state index contributed by atoms with van der Waals surface area (Å²) < 4.78 is 10.3. The molecule has 1 saturated heterocycles. The summed E-state index contributed by atoms with van der Waals surface area (Å²) in [7, 11) is 1.61. The van der Waals surface area contributed by atoms with E-state index in [0.29, 0.717) is 23.5 Å². The Labute approximate surface area is 112 Å². The Morgan fingerprint density at radius 3 is 2.94 bits per heavy atom. The van der Waals surface area contributed by atoms with Crippen molar-refractivity contribution >= 4 is 17.4 Å². The number of methoxy groups -OCH3 is 1. The summed E-state index contributed by atoms with van der Waals surface area (Å²) in [5.74, 6) is 1.99. The second-order valence-corrected chi connectivity index (χ2v) is 4.75. The van der Waals surface area contributed by atoms with Gasteiger partial charge < -0.3 is 14.8 Å². The van der Waals surface area contributed by atoms with Crippen LogP contribution in [0.1, 0.15) is 18.7 Å². The molecule has 6 heteroatoms. The van der Waals surface area contributed by atoms with E-state index in [9.17, 15) is 0 Å². The molecule has 5 nitrogen and oxygen atoms in total. The predicted molar refractivity (Wildman–Crippen MR) is 69.8 cm³/mol. The van der Waals surface area contributed by atoms with Gasteiger partial charge in [-0.25, -0.2) is 9.97 Å². The van der Waals surface area contributed by atoms with Crippen molar-refractivity contribution in [3.05, 3.63) is 17.0 Å². The molecule has 0 aromatic carbocycles. The van der Waals surface area contributed by atoms with Gasteiger partial charge in [-0.15, -0.1) is 0 Å². The Balaban J connectivity index is 1.91. The van der Waals surface area contributed by atoms with E-state index in [4.69, 9.17) is 21.1 Å². The fourth-order valence-corrected chi connectivity index (χ4v) is 2.15. The molecule has 2 heterocycles. The van der Waals surface area contributed by atoms with E-state index in [1.807, 2.05) is 0 Å². The van der Waals surface area contributed by atoms with Crippen molar-refractivity contribution in [2.75, 3.05) is 32.2 Å². The third-order valence-electron chi connectivity index (χ3n) is 2.93. The largest absolute Gasteiger partial charge is 0.381 e. The van der Waals surface area contributed by atoms with Crippen molar-refractivity contribution in [1.29, 1.82) is 0 Å². The lowest BCUT2D eigenvalue weighted by atomic mass is 10.0. The number of anilines is 1. The number of rotatable bonds is 5. The number of hydrogen-bond donors (Lipinski definition) is 1. The highest BCUT2D eigenvalue weighted by Crippen LogP contribution is 2.17. The number of halogens is 1. The van der Waals surface area contributed by atoms with E-state index in [2.05, 4.69) is 15.3 Å². The van der Waals surface area contributed by atoms with E-state index in [1.54, 1.807) is 13.2 Å². The van der Waals surface area contributed by atoms with Crippen molar-refractivity contribution in [3.8, 4) is 0 Å². The SMILES string of the molecule is COCc1nc(Cl)cc(NCC2CCOCC2)n1. The summed E-state index contributed by atoms with van der Waals surface area (Å²) in [5.41, 5.74) is 0. The number of hydrogen-bond acceptors (Lipinski definition) is 5. The molecular weight excluding hydrogens is 254 g/mol. The van der Waals surface area contributed by atoms with Crippen molar-refractivity contribution in [1.82, 2.24) is 9.97 Å². The lowest BCUT2D eigenvalue weighted by Crippen LogP contribution is -2.23. The number of ether oxygens (including phenoxy) is 2. The minimum absolute atomic E-state index is 0.368. The third-order valence-corrected chi connectivity index (χ3v) is 3.12. The van der Waals surface area contributed by atoms with Gasteiger partial charge in [-0.3, -0.25) is 0 Å². The predicted octanol–water partition coefficient (Wildman–Crippen LogP) is 2.11. The molecule has 0 aliphatic carbocycles. The molecule has 100 valence electrons. The van der Waals surface area contributed by atoms with Gasteiger partial charge in [0.1, 0.15) is 17.6 Å². The van der Waals surface area contributed by atoms with Crippen LogP contribution >= 0.6 is 11.6 Å². The smallest absolute Gasteiger partial charge is 0.158 e. The number of nitrogens with zero attached hydrogens (tertiary/aromatic N) is 2. The average Bonchev–Trinajstić information content (AvgIpc) is 2.37. The molecule has 0 unspecified atom stereocenters. The molecule has 1 aliphatic heterocycles. The summed E-state index contributed by atoms with van der Waals surface area (Å²) in [6.07, 6.45) is 2.19. The van der Waals surface area contributed by atoms with E-state index >= 15 is 0 Å². The summed E-state index contributed by atoms with van der Waals surface area (Å²) >= 11 is 5.94. The first-order valence-corrected chi connectivity index (χ1v) is 6.49. The summed E-state index contributed by atoms with van der Waals surface area (Å²) in [4.78, 5) is 8.43. The zero-order chi connectivity index (χ0) is 12.8. The van der Waals surface area contributed by atoms with Crippen molar-refractivity contribution in [2.24, 2.45) is 5.92 Å². The zero-order valence-corrected chi connectivity index (χ0v) is 11.2. The van der Waals surface area contributed by atoms with Gasteiger partial charge in [-0.05, 0) is 18.8 Å². The molecule has 2 rings (SSSR count). The first-order chi connectivity index (χ1) is 8.78. The van der Waals surface area contributed by atoms with Gasteiger partial charge in [0, 0.05) is 32.9 Å². The van der Waals surface area contributed by atoms with Gasteiger partial charge in [-0.2, -0.15) is 0 Å². The Morgan fingerprint density at radius 2 is 2.22 bits per heavy atom. The van der Waals surface area contributed by atoms with Gasteiger partial charge in [0.15, 0.2) is 5.82 Å². The van der Waals surface area contributed by atoms with Crippen LogP contribution < -0.4 is 5.32 Å². The van der Waals surface area contributed by atoms with Crippen LogP contribution in [-0.4, -0.2) is 36.8 Å². The maximum absolute atomic E-state index is 5.94. The molecule has 1 aromatic heterocycles. The van der Waals surface area contributed by atoms with Crippen LogP contribution in [-0.2, 0) is 16.1 Å². The lowest BCUT2D eigenvalue weighted by molar-refractivity contribution is 0.0699. The van der Waals surface area contributed by atoms with Crippen molar-refractivity contribution < 1.29 is 9.47 Å². The highest BCUT2D eigenvalue weighted by Gasteiger charge is 2.13. The molecule has 0 saturated carbocycles. The highest BCUT2D eigenvalue weighted by molar-refractivity contribution is 6.29. The van der Waals surface area contributed by atoms with Crippen LogP contribution in [0.15, 0.2) is 6.07 Å². The van der Waals surface area contributed by atoms with Crippen LogP contribution in [0.5, 0.6) is 0 Å². The molecule has 0 radical (unpaired) electrons. The maximum Gasteiger partial charge on any atom is 0.158 e. The second-order valence-electron chi connectivity index (χ2n) is 4.36. The Bertz CT molecular complexity index is 384. The summed E-state index contributed by atoms with van der Waals surface area (Å²) in [5, 5.41) is 3.74. The molecule has 18 heavy (non-hydrogen) atoms. The zero-order valence-electron chi connectivity index (χ0n) is 10.5. The van der Waals surface area contributed by atoms with Crippen molar-refractivity contribution in [2.45, 2.75) is 19.4 Å². The van der Waals surface area contributed by atoms with E-state index < -0.39 is 0 Å². The van der Waals surface area contributed by atoms with Crippen LogP contribution in [0, 0.1) is 5.92 Å². The van der Waals surface area contributed by atoms with Crippen LogP contribution in [0.3, 0.4) is 0 Å². The molecule has 1 N–H and O–H groups in total. The Hall–Kier alpha value is -0.910. The molecule has 1 aliphatic rings. The van der Waals surface area contributed by atoms with Gasteiger partial charge in [0.05, 0.1) is 0 Å². The van der Waals surface area contributed by atoms with Gasteiger partial charge in [0.25, 0.3) is 0 Å². The van der Waals surface area contributed by atoms with Crippen LogP contribution in [0.25, 0.3) is 0 Å².